The number of nitrogens with one attached hydrogen (secondary N) is 5. The molecule has 11 heteroatoms. The van der Waals surface area contributed by atoms with Crippen LogP contribution in [0.15, 0.2) is 54.6 Å². The summed E-state index contributed by atoms with van der Waals surface area (Å²) in [6.45, 7) is 7.46. The summed E-state index contributed by atoms with van der Waals surface area (Å²) in [5.74, 6) is -2.95. The Morgan fingerprint density at radius 1 is 1.03 bits per heavy atom. The molecule has 0 saturated carbocycles. The Balaban J connectivity index is 2.26. The van der Waals surface area contributed by atoms with Crippen LogP contribution in [0.25, 0.3) is 0 Å². The van der Waals surface area contributed by atoms with Crippen LogP contribution in [0, 0.1) is 11.8 Å². The molecule has 6 N–H and O–H groups in total. The smallest absolute Gasteiger partial charge is 0.326 e. The summed E-state index contributed by atoms with van der Waals surface area (Å²) in [4.78, 5) is 62.8. The van der Waals surface area contributed by atoms with Gasteiger partial charge in [0.05, 0.1) is 0 Å². The molecule has 4 atom stereocenters. The van der Waals surface area contributed by atoms with Gasteiger partial charge in [0.1, 0.15) is 18.1 Å². The number of carboxylic acids is 1. The highest BCUT2D eigenvalue weighted by Crippen LogP contribution is 2.08. The summed E-state index contributed by atoms with van der Waals surface area (Å²) in [7, 11) is 0. The van der Waals surface area contributed by atoms with Crippen LogP contribution < -0.4 is 26.6 Å². The Bertz CT molecular complexity index is 1070. The van der Waals surface area contributed by atoms with E-state index < -0.39 is 48.0 Å². The number of carbonyl (C=O) groups excluding carboxylic acids is 4. The fraction of sp³-hybridized carbons (Fsp3) is 0.464. The fourth-order valence-corrected chi connectivity index (χ4v) is 3.82. The van der Waals surface area contributed by atoms with E-state index in [1.54, 1.807) is 56.3 Å². The summed E-state index contributed by atoms with van der Waals surface area (Å²) in [5.41, 5.74) is 0.760. The van der Waals surface area contributed by atoms with Gasteiger partial charge in [0, 0.05) is 25.1 Å². The zero-order valence-corrected chi connectivity index (χ0v) is 22.8. The van der Waals surface area contributed by atoms with Gasteiger partial charge in [-0.2, -0.15) is 0 Å². The second kappa shape index (κ2) is 15.3. The van der Waals surface area contributed by atoms with Gasteiger partial charge in [0.2, 0.25) is 17.7 Å². The van der Waals surface area contributed by atoms with E-state index in [0.717, 1.165) is 5.56 Å². The lowest BCUT2D eigenvalue weighted by molar-refractivity contribution is -0.140. The Morgan fingerprint density at radius 2 is 1.72 bits per heavy atom. The monoisotopic (exact) mass is 541 g/mol. The molecule has 212 valence electrons. The molecule has 0 saturated heterocycles. The number of amides is 5. The first-order valence-corrected chi connectivity index (χ1v) is 13.0. The van der Waals surface area contributed by atoms with Gasteiger partial charge in [-0.1, -0.05) is 76.3 Å². The van der Waals surface area contributed by atoms with Crippen LogP contribution in [0.5, 0.6) is 0 Å². The Labute approximate surface area is 228 Å². The predicted octanol–water partition coefficient (Wildman–Crippen LogP) is 1.26. The molecule has 0 bridgehead atoms. The van der Waals surface area contributed by atoms with Gasteiger partial charge in [0.25, 0.3) is 0 Å². The average Bonchev–Trinajstić information content (AvgIpc) is 2.87. The maximum Gasteiger partial charge on any atom is 0.326 e. The Hall–Kier alpha value is -4.15. The highest BCUT2D eigenvalue weighted by atomic mass is 16.4. The van der Waals surface area contributed by atoms with Gasteiger partial charge >= 0.3 is 12.0 Å². The van der Waals surface area contributed by atoms with Gasteiger partial charge in [-0.15, -0.1) is 0 Å². The van der Waals surface area contributed by atoms with E-state index in [4.69, 9.17) is 0 Å². The van der Waals surface area contributed by atoms with Crippen molar-refractivity contribution in [1.82, 2.24) is 26.6 Å². The first kappa shape index (κ1) is 31.1. The van der Waals surface area contributed by atoms with Crippen molar-refractivity contribution in [3.05, 3.63) is 60.2 Å². The molecule has 39 heavy (non-hydrogen) atoms. The highest BCUT2D eigenvalue weighted by Gasteiger charge is 2.29. The maximum absolute atomic E-state index is 13.4. The van der Waals surface area contributed by atoms with E-state index in [9.17, 15) is 29.1 Å². The summed E-state index contributed by atoms with van der Waals surface area (Å²) in [6.07, 6.45) is 6.77. The van der Waals surface area contributed by atoms with E-state index >= 15 is 0 Å². The predicted molar refractivity (Wildman–Crippen MR) is 146 cm³/mol. The molecule has 0 fully saturated rings. The Morgan fingerprint density at radius 3 is 2.33 bits per heavy atom. The zero-order valence-electron chi connectivity index (χ0n) is 22.8. The van der Waals surface area contributed by atoms with E-state index in [-0.39, 0.29) is 24.2 Å². The van der Waals surface area contributed by atoms with Crippen LogP contribution in [0.4, 0.5) is 4.79 Å². The molecule has 1 unspecified atom stereocenters. The molecule has 2 rings (SSSR count). The van der Waals surface area contributed by atoms with Gasteiger partial charge in [-0.05, 0) is 23.8 Å². The molecule has 1 aliphatic rings. The van der Waals surface area contributed by atoms with Crippen molar-refractivity contribution in [2.75, 3.05) is 6.54 Å². The van der Waals surface area contributed by atoms with Gasteiger partial charge in [-0.3, -0.25) is 14.4 Å². The zero-order chi connectivity index (χ0) is 28.9. The van der Waals surface area contributed by atoms with E-state index in [2.05, 4.69) is 26.6 Å². The molecular formula is C28H39N5O6. The molecule has 1 aliphatic heterocycles. The number of hydrogen-bond acceptors (Lipinski definition) is 5. The minimum absolute atomic E-state index is 0.0272. The molecule has 1 heterocycles. The fourth-order valence-electron chi connectivity index (χ4n) is 3.82. The normalized spacial score (nSPS) is 21.3. The second-order valence-electron chi connectivity index (χ2n) is 10.1. The first-order valence-electron chi connectivity index (χ1n) is 13.0. The van der Waals surface area contributed by atoms with Gasteiger partial charge in [0.15, 0.2) is 0 Å². The molecule has 0 spiro atoms. The highest BCUT2D eigenvalue weighted by molar-refractivity contribution is 5.94. The molecule has 1 aromatic rings. The quantitative estimate of drug-likeness (QED) is 0.258. The number of hydrogen-bond donors (Lipinski definition) is 6. The van der Waals surface area contributed by atoms with Crippen LogP contribution in [0.1, 0.15) is 39.7 Å². The van der Waals surface area contributed by atoms with Gasteiger partial charge < -0.3 is 31.7 Å². The molecule has 0 aliphatic carbocycles. The number of carboxylic acid groups (broad SMARTS) is 1. The van der Waals surface area contributed by atoms with Gasteiger partial charge in [-0.25, -0.2) is 9.59 Å². The molecule has 1 aromatic carbocycles. The molecule has 5 amide bonds. The van der Waals surface area contributed by atoms with Crippen molar-refractivity contribution in [2.45, 2.75) is 64.7 Å². The average molecular weight is 542 g/mol. The summed E-state index contributed by atoms with van der Waals surface area (Å²) < 4.78 is 0. The largest absolute Gasteiger partial charge is 0.480 e. The van der Waals surface area contributed by atoms with Crippen LogP contribution in [0.2, 0.25) is 0 Å². The van der Waals surface area contributed by atoms with Crippen LogP contribution >= 0.6 is 0 Å². The lowest BCUT2D eigenvalue weighted by Crippen LogP contribution is -2.58. The first-order chi connectivity index (χ1) is 18.5. The van der Waals surface area contributed by atoms with Crippen molar-refractivity contribution in [3.8, 4) is 0 Å². The van der Waals surface area contributed by atoms with Crippen LogP contribution in [-0.2, 0) is 25.6 Å². The topological polar surface area (TPSA) is 166 Å². The number of aliphatic carboxylic acids is 1. The number of carbonyl (C=O) groups is 5. The second-order valence-corrected chi connectivity index (χ2v) is 10.1. The van der Waals surface area contributed by atoms with Crippen LogP contribution in [0.3, 0.4) is 0 Å². The number of rotatable bonds is 9. The number of benzene rings is 1. The molecule has 0 aromatic heterocycles. The Kier molecular flexibility index (Phi) is 12.2. The third-order valence-corrected chi connectivity index (χ3v) is 6.12. The third kappa shape index (κ3) is 10.6. The van der Waals surface area contributed by atoms with Crippen molar-refractivity contribution in [3.63, 3.8) is 0 Å². The van der Waals surface area contributed by atoms with E-state index in [1.807, 2.05) is 19.9 Å². The molecule has 11 nitrogen and oxygen atoms in total. The molecule has 0 radical (unpaired) electrons. The number of urea groups is 1. The van der Waals surface area contributed by atoms with Crippen LogP contribution in [-0.4, -0.2) is 65.5 Å². The standard InChI is InChI=1S/C28H39N5O6/c1-17(2)20-13-14-23(34)29-15-9-8-12-21(25(35)30-20)31-26(36)22(16-19-10-6-5-7-11-19)32-28(39)33-24(18(3)4)27(37)38/h5-8,10-14,17-18,20-22,24H,9,15-16H2,1-4H3,(H,29,34)(H,30,35)(H,31,36)(H,37,38)(H2,32,33,39)/b12-8-,14-13+/t20-,21?,22+,24+/m1/s1. The maximum atomic E-state index is 13.4. The summed E-state index contributed by atoms with van der Waals surface area (Å²) in [6, 6.07) is 4.44. The van der Waals surface area contributed by atoms with Crippen molar-refractivity contribution >= 4 is 29.7 Å². The summed E-state index contributed by atoms with van der Waals surface area (Å²) >= 11 is 0. The summed E-state index contributed by atoms with van der Waals surface area (Å²) in [5, 5.41) is 22.7. The van der Waals surface area contributed by atoms with Crippen molar-refractivity contribution < 1.29 is 29.1 Å². The van der Waals surface area contributed by atoms with Crippen molar-refractivity contribution in [1.29, 1.82) is 0 Å². The minimum Gasteiger partial charge on any atom is -0.480 e. The lowest BCUT2D eigenvalue weighted by Gasteiger charge is -2.25. The lowest BCUT2D eigenvalue weighted by atomic mass is 10.0. The van der Waals surface area contributed by atoms with E-state index in [0.29, 0.717) is 13.0 Å². The van der Waals surface area contributed by atoms with Crippen molar-refractivity contribution in [2.24, 2.45) is 11.8 Å². The molecular weight excluding hydrogens is 502 g/mol. The SMILES string of the molecule is CC(C)[C@H](NC(=O)N[C@@H](Cc1ccccc1)C(=O)NC1/C=C\CCNC(=O)/C=C/[C@H](C(C)C)NC1=O)C(=O)O. The van der Waals surface area contributed by atoms with E-state index in [1.165, 1.54) is 6.08 Å². The minimum atomic E-state index is -1.19. The third-order valence-electron chi connectivity index (χ3n) is 6.12.